The Morgan fingerprint density at radius 1 is 0.444 bits per heavy atom. The Morgan fingerprint density at radius 3 is 0.917 bits per heavy atom. The normalized spacial score (nSPS) is 27.4. The SMILES string of the molecule is C.CC[C@@]1(C)C[C@@H](OC(=O)CO)[C@@]2(C)C3C(=O)CC[C@@]3(CC[C@H]2C)[C@@H](CN2CCN(C(=O)OC(C)(C)C)CC2)[C@@H]1O.CC[C@@]1(C)C[C@@H](OC(=O)CO)[C@@]2(C)C3C(=O)CC[C@@]3(CC[C@H]2C)[C@@H](CN2CC[NH2+]CC2)[C@@H]1O.O=C([O-])C(F)(F)F.S=S=S=S=S=S=S=S=S=S=S=S=S=S=S=S=S=S=S=S=S=S=S=S=S=S=S=S=S=S=S=S=S=S=S=S=S=S=S=S=S=S=S=S=S=S=S=S=S=S=S=S. The molecule has 0 aromatic rings. The van der Waals surface area contributed by atoms with E-state index in [-0.39, 0.29) is 71.4 Å². The van der Waals surface area contributed by atoms with Crippen LogP contribution in [0.15, 0.2) is 0 Å². The first kappa shape index (κ1) is 133. The number of piperazine rings is 2. The predicted molar refractivity (Wildman–Crippen MR) is 675 cm³/mol. The second-order valence-electron chi connectivity index (χ2n) is 30.8. The molecule has 0 aromatic carbocycles. The third-order valence-electron chi connectivity index (χ3n) is 23.5. The first-order valence-corrected chi connectivity index (χ1v) is 106. The van der Waals surface area contributed by atoms with Gasteiger partial charge in [0, 0.05) is 566 Å². The van der Waals surface area contributed by atoms with Gasteiger partial charge in [0.25, 0.3) is 0 Å². The maximum absolute atomic E-state index is 13.8. The van der Waals surface area contributed by atoms with Crippen molar-refractivity contribution in [2.24, 2.45) is 68.0 Å². The number of Topliss-reactive ketones (excluding diaryl/α,β-unsaturated/α-hetero) is 2. The maximum Gasteiger partial charge on any atom is 0.430 e. The number of carboxylic acids is 1. The summed E-state index contributed by atoms with van der Waals surface area (Å²) in [6.45, 7) is 29.5. The Kier molecular flexibility index (Phi) is 74.3. The molecular weight excluding hydrogens is 2730 g/mol. The molecule has 6 aliphatic carbocycles. The van der Waals surface area contributed by atoms with Crippen LogP contribution in [-0.2, 0) is 505 Å². The van der Waals surface area contributed by atoms with Crippen LogP contribution in [0.1, 0.15) is 161 Å². The molecule has 133 heavy (non-hydrogen) atoms. The molecule has 4 bridgehead atoms. The van der Waals surface area contributed by atoms with E-state index in [4.69, 9.17) is 46.5 Å². The number of halogens is 3. The topological polar surface area (TPSA) is 260 Å². The fraction of sp³-hybridized carbons (Fsp3) is 0.900. The predicted octanol–water partition coefficient (Wildman–Crippen LogP) is 4.42. The first-order valence-electron chi connectivity index (χ1n) is 38.2. The number of ether oxygens (including phenoxy) is 3. The number of nitrogens with two attached hydrogens (primary N) is 1. The minimum Gasteiger partial charge on any atom is -0.542 e. The Hall–Kier alpha value is 7.97. The highest BCUT2D eigenvalue weighted by atomic mass is 33.5. The van der Waals surface area contributed by atoms with E-state index in [0.717, 1.165) is 77.7 Å². The van der Waals surface area contributed by atoms with E-state index in [0.29, 0.717) is 64.8 Å². The minimum absolute atomic E-state index is 0. The number of aliphatic hydroxyl groups is 4. The van der Waals surface area contributed by atoms with E-state index in [1.165, 1.54) is 17.8 Å². The number of carbonyl (C=O) groups is 6. The number of hydrogen-bond donors (Lipinski definition) is 5. The number of carboxylic acid groups (broad SMARTS) is 1. The number of hydrogen-bond acceptors (Lipinski definition) is 18. The highest BCUT2D eigenvalue weighted by Crippen LogP contribution is 2.70. The first-order chi connectivity index (χ1) is 63.1. The van der Waals surface area contributed by atoms with Crippen LogP contribution in [0.2, 0.25) is 0 Å². The zero-order valence-corrected chi connectivity index (χ0v) is 113. The van der Waals surface area contributed by atoms with Crippen LogP contribution in [0.5, 0.6) is 0 Å². The number of aliphatic carboxylic acids is 1. The summed E-state index contributed by atoms with van der Waals surface area (Å²) in [5.74, 6) is -4.09. The third kappa shape index (κ3) is 47.1. The minimum atomic E-state index is -5.19. The average Bonchev–Trinajstić information content (AvgIpc) is 1.61. The van der Waals surface area contributed by atoms with Crippen molar-refractivity contribution in [3.8, 4) is 0 Å². The summed E-state index contributed by atoms with van der Waals surface area (Å²) in [5, 5.41) is 54.5. The van der Waals surface area contributed by atoms with Crippen LogP contribution in [0.4, 0.5) is 18.0 Å². The summed E-state index contributed by atoms with van der Waals surface area (Å²) in [5.41, 5.74) is -3.25. The molecule has 6 N–H and O–H groups in total. The molecule has 1 amide bonds. The summed E-state index contributed by atoms with van der Waals surface area (Å²) >= 11 is 9.63. The van der Waals surface area contributed by atoms with E-state index in [2.05, 4.69) is 70.5 Å². The number of aliphatic hydroxyl groups excluding tert-OH is 4. The molecule has 2 unspecified atom stereocenters. The molecule has 8 aliphatic rings. The zero-order valence-electron chi connectivity index (χ0n) is 70.9. The van der Waals surface area contributed by atoms with Gasteiger partial charge in [-0.05, 0) is 118 Å². The summed E-state index contributed by atoms with van der Waals surface area (Å²) in [6, 6.07) is 0. The maximum atomic E-state index is 13.8. The monoisotopic (exact) mass is 2820 g/mol. The number of alkyl halides is 3. The van der Waals surface area contributed by atoms with E-state index in [9.17, 15) is 57.6 Å². The smallest absolute Gasteiger partial charge is 0.430 e. The fourth-order valence-corrected chi connectivity index (χ4v) is 149. The van der Waals surface area contributed by atoms with Crippen LogP contribution in [0, 0.1) is 68.0 Å². The molecule has 0 radical (unpaired) electrons. The number of ketones is 2. The molecule has 8 fully saturated rings. The van der Waals surface area contributed by atoms with Gasteiger partial charge >= 0.3 is 24.2 Å². The van der Waals surface area contributed by atoms with Crippen molar-refractivity contribution in [3.63, 3.8) is 0 Å². The standard InChI is InChI=1S/C31H52N2O7.C26H44N2O5.C2HF3O2.CH4.S52/c1-8-29(6)17-23(39-24(36)19-34)30(7)20(2)9-11-31(12-10-22(35)25(30)31)21(26(29)37)18-32-13-15-33(16-14-32)27(38)40-28(3,4)5;1-5-24(3)14-20(33-21(31)16-29)25(4)17(2)6-8-26(9-7-19(30)22(25)26)18(23(24)32)15-28-12-10-27-11-13-28;3-2(4,5)1(6)7;;1-3-5-7-9-11-13-15-17-19-21-23-25-27-29-31-33-35-37-39-41-43-45-47-49-51-52-50-48-46-44-42-40-38-36-34-32-30-28-26-24-22-20-18-16-14-12-10-8-6-4-2/h20-21,23,25-26,34,37H,8-19H2,1-7H3;17-18,20,22-23,27,29,32H,5-16H2,1-4H3;(H,6,7);1H4;/t20-,21+,23-,25?,26+,29+,30+,31+;17-,18+,20-,22?,23+,24+,25+,26+;;;/m11.../s1. The average molecular weight is 2830 g/mol. The Bertz CT molecular complexity index is 6470. The number of nitrogens with zero attached hydrogens (tertiary/aromatic N) is 3. The van der Waals surface area contributed by atoms with E-state index >= 15 is 0 Å². The van der Waals surface area contributed by atoms with Crippen LogP contribution in [-0.4, -0.2) is 186 Å². The van der Waals surface area contributed by atoms with Gasteiger partial charge in [-0.15, -0.1) is 0 Å². The summed E-state index contributed by atoms with van der Waals surface area (Å²) < 4.78 is 49.1. The molecule has 18 nitrogen and oxygen atoms in total. The van der Waals surface area contributed by atoms with Crippen molar-refractivity contribution in [3.05, 3.63) is 0 Å². The van der Waals surface area contributed by atoms with E-state index in [1.54, 1.807) is 111 Å². The van der Waals surface area contributed by atoms with Crippen LogP contribution < -0.4 is 10.4 Å². The second-order valence-corrected chi connectivity index (χ2v) is 119. The van der Waals surface area contributed by atoms with Gasteiger partial charge < -0.3 is 54.8 Å². The van der Waals surface area contributed by atoms with Crippen molar-refractivity contribution in [2.45, 2.75) is 197 Å². The van der Waals surface area contributed by atoms with Gasteiger partial charge in [0.1, 0.15) is 48.6 Å². The number of quaternary nitrogens is 1. The molecule has 0 spiro atoms. The highest BCUT2D eigenvalue weighted by molar-refractivity contribution is 8.82. The Balaban J connectivity index is 0.000000408. The summed E-state index contributed by atoms with van der Waals surface area (Å²) in [6.07, 6.45) is 0.864. The number of rotatable bonds is 10. The molecule has 2 heterocycles. The Morgan fingerprint density at radius 2 is 0.692 bits per heavy atom. The Labute approximate surface area is 930 Å². The quantitative estimate of drug-likeness (QED) is 0.150. The van der Waals surface area contributed by atoms with Crippen LogP contribution in [0.25, 0.3) is 0 Å². The summed E-state index contributed by atoms with van der Waals surface area (Å²) in [7, 11) is 89.4. The van der Waals surface area contributed by atoms with Gasteiger partial charge in [0.15, 0.2) is 0 Å². The van der Waals surface area contributed by atoms with Crippen molar-refractivity contribution in [1.29, 1.82) is 0 Å². The molecule has 778 valence electrons. The molecule has 16 atom stereocenters. The van der Waals surface area contributed by atoms with Gasteiger partial charge in [-0.2, -0.15) is 13.2 Å². The molecule has 0 aromatic heterocycles. The molecule has 2 saturated heterocycles. The van der Waals surface area contributed by atoms with Crippen molar-refractivity contribution >= 4 is 502 Å². The van der Waals surface area contributed by atoms with Crippen LogP contribution >= 0.6 is 0 Å². The molecule has 2 aliphatic heterocycles. The lowest BCUT2D eigenvalue weighted by molar-refractivity contribution is -0.663. The molecular formula is C60H101F3N4O14S52. The lowest BCUT2D eigenvalue weighted by atomic mass is 9.43. The molecule has 6 saturated carbocycles. The largest absolute Gasteiger partial charge is 0.542 e. The number of esters is 2. The lowest BCUT2D eigenvalue weighted by Gasteiger charge is -2.63. The summed E-state index contributed by atoms with van der Waals surface area (Å²) in [4.78, 5) is 80.2. The van der Waals surface area contributed by atoms with Gasteiger partial charge in [-0.1, -0.05) is 62.8 Å². The van der Waals surface area contributed by atoms with Gasteiger partial charge in [0.2, 0.25) is 0 Å². The van der Waals surface area contributed by atoms with Crippen LogP contribution in [0.3, 0.4) is 0 Å². The highest BCUT2D eigenvalue weighted by Gasteiger charge is 2.71. The zero-order chi connectivity index (χ0) is 97.1. The number of amides is 1. The van der Waals surface area contributed by atoms with Crippen molar-refractivity contribution in [2.75, 3.05) is 78.7 Å². The van der Waals surface area contributed by atoms with Crippen molar-refractivity contribution < 1.29 is 87.0 Å². The molecule has 8 rings (SSSR count). The van der Waals surface area contributed by atoms with Crippen molar-refractivity contribution in [1.82, 2.24) is 14.7 Å². The second kappa shape index (κ2) is 74.1. The number of carbonyl (C=O) groups excluding carboxylic acids is 6. The fourth-order valence-electron chi connectivity index (χ4n) is 17.4. The van der Waals surface area contributed by atoms with Gasteiger partial charge in [-0.3, -0.25) is 19.4 Å². The van der Waals surface area contributed by atoms with E-state index < -0.39 is 89.0 Å². The molecule has 73 heteroatoms. The third-order valence-corrected chi connectivity index (χ3v) is 132. The van der Waals surface area contributed by atoms with E-state index in [1.807, 2.05) is 340 Å². The van der Waals surface area contributed by atoms with Gasteiger partial charge in [-0.25, -0.2) is 14.4 Å². The van der Waals surface area contributed by atoms with Gasteiger partial charge in [0.05, 0.1) is 25.3 Å². The lowest BCUT2D eigenvalue weighted by Crippen LogP contribution is -2.89.